The molecule has 0 bridgehead atoms. The van der Waals surface area contributed by atoms with E-state index in [9.17, 15) is 18.0 Å². The summed E-state index contributed by atoms with van der Waals surface area (Å²) in [5.74, 6) is -0.329. The summed E-state index contributed by atoms with van der Waals surface area (Å²) in [4.78, 5) is 31.3. The van der Waals surface area contributed by atoms with Crippen LogP contribution in [-0.2, 0) is 14.8 Å². The number of carbonyl (C=O) groups is 2. The Morgan fingerprint density at radius 1 is 0.884 bits per heavy atom. The highest BCUT2D eigenvalue weighted by Crippen LogP contribution is 2.31. The maximum absolute atomic E-state index is 14.0. The van der Waals surface area contributed by atoms with Crippen LogP contribution in [0.1, 0.15) is 72.1 Å². The van der Waals surface area contributed by atoms with E-state index >= 15 is 0 Å². The molecule has 2 aromatic carbocycles. The average molecular weight is 606 g/mol. The maximum atomic E-state index is 14.0. The molecule has 0 saturated carbocycles. The molecule has 9 heteroatoms. The van der Waals surface area contributed by atoms with Gasteiger partial charge in [-0.15, -0.1) is 0 Å². The predicted octanol–water partition coefficient (Wildman–Crippen LogP) is 5.79. The van der Waals surface area contributed by atoms with Crippen LogP contribution in [0.25, 0.3) is 5.57 Å². The minimum absolute atomic E-state index is 0.0275. The van der Waals surface area contributed by atoms with Crippen molar-refractivity contribution in [2.45, 2.75) is 60.3 Å². The summed E-state index contributed by atoms with van der Waals surface area (Å²) in [5, 5.41) is 2.93. The van der Waals surface area contributed by atoms with Crippen molar-refractivity contribution >= 4 is 33.2 Å². The van der Waals surface area contributed by atoms with E-state index in [4.69, 9.17) is 4.74 Å². The van der Waals surface area contributed by atoms with Gasteiger partial charge in [-0.25, -0.2) is 17.9 Å². The monoisotopic (exact) mass is 605 g/mol. The second-order valence-corrected chi connectivity index (χ2v) is 12.5. The topological polar surface area (TPSA) is 114 Å². The number of amides is 1. The number of carbonyl (C=O) groups excluding carboxylic acids is 2. The van der Waals surface area contributed by atoms with Crippen LogP contribution >= 0.6 is 0 Å². The summed E-state index contributed by atoms with van der Waals surface area (Å²) in [7, 11) is -3.36. The fraction of sp³-hybridized carbons (Fsp3) is 0.382. The molecule has 0 radical (unpaired) electrons. The van der Waals surface area contributed by atoms with E-state index in [0.717, 1.165) is 24.8 Å². The molecule has 1 aliphatic rings. The van der Waals surface area contributed by atoms with E-state index in [0.29, 0.717) is 64.4 Å². The first-order chi connectivity index (χ1) is 20.6. The highest BCUT2D eigenvalue weighted by atomic mass is 32.2. The normalized spacial score (nSPS) is 15.0. The Hall–Kier alpha value is -3.82. The van der Waals surface area contributed by atoms with Crippen molar-refractivity contribution in [3.63, 3.8) is 0 Å². The predicted molar refractivity (Wildman–Crippen MR) is 174 cm³/mol. The van der Waals surface area contributed by atoms with Gasteiger partial charge in [-0.2, -0.15) is 0 Å². The number of aryl methyl sites for hydroxylation is 3. The molecule has 0 aromatic heterocycles. The van der Waals surface area contributed by atoms with Crippen LogP contribution < -0.4 is 14.8 Å². The lowest BCUT2D eigenvalue weighted by atomic mass is 9.91. The zero-order valence-corrected chi connectivity index (χ0v) is 26.6. The number of ether oxygens (including phenoxy) is 1. The van der Waals surface area contributed by atoms with Gasteiger partial charge in [0.15, 0.2) is 0 Å². The fourth-order valence-corrected chi connectivity index (χ4v) is 5.86. The molecule has 0 saturated heterocycles. The van der Waals surface area contributed by atoms with Gasteiger partial charge in [0.1, 0.15) is 5.75 Å². The molecule has 0 fully saturated rings. The second kappa shape index (κ2) is 16.1. The number of hydrogen-bond donors (Lipinski definition) is 2. The Bertz CT molecular complexity index is 1530. The molecule has 0 unspecified atom stereocenters. The Morgan fingerprint density at radius 3 is 2.26 bits per heavy atom. The number of hydrogen-bond acceptors (Lipinski definition) is 6. The molecule has 0 heterocycles. The number of nitrogens with one attached hydrogen (secondary N) is 2. The van der Waals surface area contributed by atoms with Crippen LogP contribution in [-0.4, -0.2) is 51.4 Å². The van der Waals surface area contributed by atoms with Crippen molar-refractivity contribution < 1.29 is 22.7 Å². The van der Waals surface area contributed by atoms with Gasteiger partial charge in [-0.05, 0) is 80.5 Å². The van der Waals surface area contributed by atoms with Crippen LogP contribution in [0.3, 0.4) is 0 Å². The minimum Gasteiger partial charge on any atom is -0.422 e. The summed E-state index contributed by atoms with van der Waals surface area (Å²) >= 11 is 0. The van der Waals surface area contributed by atoms with Gasteiger partial charge in [0.25, 0.3) is 5.91 Å². The van der Waals surface area contributed by atoms with E-state index in [1.165, 1.54) is 0 Å². The zero-order valence-electron chi connectivity index (χ0n) is 25.8. The molecular formula is C34H43N3O5S. The number of aliphatic imine (C=N–C) groups is 1. The summed E-state index contributed by atoms with van der Waals surface area (Å²) in [6.45, 7) is 10.8. The van der Waals surface area contributed by atoms with Gasteiger partial charge in [-0.1, -0.05) is 62.8 Å². The average Bonchev–Trinajstić information content (AvgIpc) is 2.98. The lowest BCUT2D eigenvalue weighted by Gasteiger charge is -2.18. The minimum atomic E-state index is -3.36. The van der Waals surface area contributed by atoms with Crippen LogP contribution in [0.4, 0.5) is 0 Å². The van der Waals surface area contributed by atoms with Crippen molar-refractivity contribution in [3.8, 4) is 5.75 Å². The molecule has 0 spiro atoms. The number of benzene rings is 2. The van der Waals surface area contributed by atoms with Crippen LogP contribution in [0, 0.1) is 20.8 Å². The highest BCUT2D eigenvalue weighted by molar-refractivity contribution is 7.89. The smallest absolute Gasteiger partial charge is 0.344 e. The Morgan fingerprint density at radius 2 is 1.58 bits per heavy atom. The van der Waals surface area contributed by atoms with Crippen LogP contribution in [0.2, 0.25) is 0 Å². The van der Waals surface area contributed by atoms with Crippen molar-refractivity contribution in [2.75, 3.05) is 25.4 Å². The van der Waals surface area contributed by atoms with Crippen molar-refractivity contribution in [2.24, 2.45) is 4.99 Å². The quantitative estimate of drug-likeness (QED) is 0.123. The van der Waals surface area contributed by atoms with Crippen LogP contribution in [0.5, 0.6) is 5.75 Å². The molecule has 3 rings (SSSR count). The molecule has 2 aromatic rings. The SMILES string of the molecule is CCCCNC(=O)c1cc(C)c(OC(=O)/C(=C2\C=CC=C\C2=N/CCCS(=O)(=O)NCCC)c2ccccc2C)c(C)c1. The van der Waals surface area contributed by atoms with E-state index in [1.54, 1.807) is 12.1 Å². The fourth-order valence-electron chi connectivity index (χ4n) is 4.69. The van der Waals surface area contributed by atoms with E-state index < -0.39 is 16.0 Å². The van der Waals surface area contributed by atoms with Crippen molar-refractivity contribution in [1.82, 2.24) is 10.0 Å². The molecule has 0 atom stereocenters. The number of allylic oxidation sites excluding steroid dienone is 5. The summed E-state index contributed by atoms with van der Waals surface area (Å²) in [6, 6.07) is 11.0. The Kier molecular flexibility index (Phi) is 12.6. The third kappa shape index (κ3) is 9.59. The second-order valence-electron chi connectivity index (χ2n) is 10.6. The number of nitrogens with zero attached hydrogens (tertiary/aromatic N) is 1. The number of esters is 1. The first-order valence-corrected chi connectivity index (χ1v) is 16.5. The van der Waals surface area contributed by atoms with Crippen molar-refractivity contribution in [1.29, 1.82) is 0 Å². The van der Waals surface area contributed by atoms with Crippen LogP contribution in [0.15, 0.2) is 71.3 Å². The number of sulfonamides is 1. The molecule has 2 N–H and O–H groups in total. The first-order valence-electron chi connectivity index (χ1n) is 14.9. The summed E-state index contributed by atoms with van der Waals surface area (Å²) in [6.07, 6.45) is 10.3. The first kappa shape index (κ1) is 33.7. The highest BCUT2D eigenvalue weighted by Gasteiger charge is 2.25. The van der Waals surface area contributed by atoms with Gasteiger partial charge < -0.3 is 10.1 Å². The third-order valence-corrected chi connectivity index (χ3v) is 8.42. The van der Waals surface area contributed by atoms with E-state index in [2.05, 4.69) is 22.0 Å². The van der Waals surface area contributed by atoms with E-state index in [-0.39, 0.29) is 18.2 Å². The van der Waals surface area contributed by atoms with Gasteiger partial charge in [0.2, 0.25) is 10.0 Å². The molecule has 1 aliphatic carbocycles. The lowest BCUT2D eigenvalue weighted by Crippen LogP contribution is -2.27. The largest absolute Gasteiger partial charge is 0.422 e. The summed E-state index contributed by atoms with van der Waals surface area (Å²) < 4.78 is 33.0. The standard InChI is InChI=1S/C34H43N3O5S/c1-6-8-19-36-33(38)27-22-25(4)32(26(5)23-27)42-34(39)31(28-15-10-9-14-24(28)3)29-16-11-12-17-30(29)35-20-13-21-43(40,41)37-18-7-2/h9-12,14-17,22-23,37H,6-8,13,18-21H2,1-5H3,(H,36,38)/b31-29+,35-30+. The Balaban J connectivity index is 1.95. The Labute approximate surface area is 256 Å². The van der Waals surface area contributed by atoms with Gasteiger partial charge in [0.05, 0.1) is 17.0 Å². The zero-order chi connectivity index (χ0) is 31.4. The number of unbranched alkanes of at least 4 members (excludes halogenated alkanes) is 1. The van der Waals surface area contributed by atoms with Gasteiger partial charge >= 0.3 is 5.97 Å². The molecule has 43 heavy (non-hydrogen) atoms. The number of rotatable bonds is 14. The van der Waals surface area contributed by atoms with Gasteiger partial charge in [-0.3, -0.25) is 9.79 Å². The van der Waals surface area contributed by atoms with Gasteiger partial charge in [0, 0.05) is 30.8 Å². The third-order valence-electron chi connectivity index (χ3n) is 6.95. The molecule has 1 amide bonds. The molecule has 230 valence electrons. The van der Waals surface area contributed by atoms with Crippen molar-refractivity contribution in [3.05, 3.63) is 94.1 Å². The lowest BCUT2D eigenvalue weighted by molar-refractivity contribution is -0.128. The summed E-state index contributed by atoms with van der Waals surface area (Å²) in [5.41, 5.74) is 5.00. The maximum Gasteiger partial charge on any atom is 0.344 e. The molecule has 0 aliphatic heterocycles. The molecular weight excluding hydrogens is 562 g/mol. The van der Waals surface area contributed by atoms with E-state index in [1.807, 2.05) is 76.3 Å². The molecule has 8 nitrogen and oxygen atoms in total.